The number of ether oxygens (including phenoxy) is 2. The van der Waals surface area contributed by atoms with E-state index >= 15 is 0 Å². The average Bonchev–Trinajstić information content (AvgIpc) is 3.04. The first-order chi connectivity index (χ1) is 13.1. The summed E-state index contributed by atoms with van der Waals surface area (Å²) < 4.78 is 10.9. The summed E-state index contributed by atoms with van der Waals surface area (Å²) in [5, 5.41) is 2.90. The van der Waals surface area contributed by atoms with Gasteiger partial charge in [0.25, 0.3) is 0 Å². The number of carbonyl (C=O) groups excluding carboxylic acids is 2. The van der Waals surface area contributed by atoms with Crippen molar-refractivity contribution in [3.05, 3.63) is 54.6 Å². The fourth-order valence-corrected chi connectivity index (χ4v) is 3.13. The lowest BCUT2D eigenvalue weighted by molar-refractivity contribution is -0.131. The molecule has 0 bridgehead atoms. The second-order valence-corrected chi connectivity index (χ2v) is 6.46. The van der Waals surface area contributed by atoms with Crippen LogP contribution in [0.15, 0.2) is 54.6 Å². The van der Waals surface area contributed by atoms with Gasteiger partial charge in [-0.1, -0.05) is 25.1 Å². The Hall–Kier alpha value is -2.86. The number of methoxy groups -OCH3 is 1. The van der Waals surface area contributed by atoms with Crippen LogP contribution in [0.1, 0.15) is 19.8 Å². The van der Waals surface area contributed by atoms with Crippen LogP contribution in [0.25, 0.3) is 0 Å². The number of carbonyl (C=O) groups is 2. The SMILES string of the molecule is CCC(OC)C(=O)NC1CC(=O)N(c2ccc(Oc3ccccc3)cc2)C1. The van der Waals surface area contributed by atoms with Crippen molar-refractivity contribution >= 4 is 17.5 Å². The lowest BCUT2D eigenvalue weighted by Crippen LogP contribution is -2.43. The van der Waals surface area contributed by atoms with Crippen molar-refractivity contribution in [2.75, 3.05) is 18.6 Å². The van der Waals surface area contributed by atoms with Gasteiger partial charge < -0.3 is 19.7 Å². The molecule has 0 saturated carbocycles. The molecule has 2 aromatic rings. The smallest absolute Gasteiger partial charge is 0.249 e. The molecule has 0 aromatic heterocycles. The van der Waals surface area contributed by atoms with E-state index < -0.39 is 6.10 Å². The Labute approximate surface area is 159 Å². The van der Waals surface area contributed by atoms with Crippen LogP contribution in [0.2, 0.25) is 0 Å². The maximum absolute atomic E-state index is 12.4. The highest BCUT2D eigenvalue weighted by molar-refractivity contribution is 5.97. The quantitative estimate of drug-likeness (QED) is 0.815. The van der Waals surface area contributed by atoms with Crippen molar-refractivity contribution < 1.29 is 19.1 Å². The van der Waals surface area contributed by atoms with E-state index in [0.717, 1.165) is 11.4 Å². The Morgan fingerprint density at radius 3 is 2.44 bits per heavy atom. The maximum atomic E-state index is 12.4. The van der Waals surface area contributed by atoms with Gasteiger partial charge in [0.15, 0.2) is 0 Å². The first-order valence-electron chi connectivity index (χ1n) is 9.07. The normalized spacial score (nSPS) is 17.6. The van der Waals surface area contributed by atoms with Crippen LogP contribution < -0.4 is 15.0 Å². The highest BCUT2D eigenvalue weighted by atomic mass is 16.5. The van der Waals surface area contributed by atoms with Gasteiger partial charge in [0.05, 0.1) is 6.04 Å². The molecule has 0 aliphatic carbocycles. The number of hydrogen-bond acceptors (Lipinski definition) is 4. The van der Waals surface area contributed by atoms with E-state index in [1.54, 1.807) is 4.90 Å². The lowest BCUT2D eigenvalue weighted by Gasteiger charge is -2.19. The number of nitrogens with one attached hydrogen (secondary N) is 1. The minimum Gasteiger partial charge on any atom is -0.457 e. The fraction of sp³-hybridized carbons (Fsp3) is 0.333. The Bertz CT molecular complexity index is 773. The van der Waals surface area contributed by atoms with Crippen molar-refractivity contribution in [3.63, 3.8) is 0 Å². The lowest BCUT2D eigenvalue weighted by atomic mass is 10.2. The van der Waals surface area contributed by atoms with Crippen LogP contribution in [0.5, 0.6) is 11.5 Å². The van der Waals surface area contributed by atoms with Crippen molar-refractivity contribution in [1.82, 2.24) is 5.32 Å². The zero-order valence-electron chi connectivity index (χ0n) is 15.6. The fourth-order valence-electron chi connectivity index (χ4n) is 3.13. The maximum Gasteiger partial charge on any atom is 0.249 e. The number of benzene rings is 2. The summed E-state index contributed by atoms with van der Waals surface area (Å²) in [6, 6.07) is 16.7. The first kappa shape index (κ1) is 18.9. The van der Waals surface area contributed by atoms with Gasteiger partial charge in [0.2, 0.25) is 11.8 Å². The zero-order valence-corrected chi connectivity index (χ0v) is 15.6. The molecule has 2 atom stereocenters. The van der Waals surface area contributed by atoms with Gasteiger partial charge in [0.1, 0.15) is 17.6 Å². The molecule has 0 radical (unpaired) electrons. The number of hydrogen-bond donors (Lipinski definition) is 1. The number of para-hydroxylation sites is 1. The van der Waals surface area contributed by atoms with E-state index in [9.17, 15) is 9.59 Å². The van der Waals surface area contributed by atoms with Crippen LogP contribution in [-0.2, 0) is 14.3 Å². The third-order valence-corrected chi connectivity index (χ3v) is 4.55. The molecular formula is C21H24N2O4. The molecule has 2 aromatic carbocycles. The standard InChI is InChI=1S/C21H24N2O4/c1-3-19(26-2)21(25)22-15-13-20(24)23(14-15)16-9-11-18(12-10-16)27-17-7-5-4-6-8-17/h4-12,15,19H,3,13-14H2,1-2H3,(H,22,25). The highest BCUT2D eigenvalue weighted by Crippen LogP contribution is 2.27. The van der Waals surface area contributed by atoms with E-state index in [4.69, 9.17) is 9.47 Å². The van der Waals surface area contributed by atoms with Crippen molar-refractivity contribution in [2.45, 2.75) is 31.9 Å². The Morgan fingerprint density at radius 1 is 1.15 bits per heavy atom. The minimum absolute atomic E-state index is 0.0116. The molecule has 1 aliphatic rings. The van der Waals surface area contributed by atoms with Crippen LogP contribution in [0, 0.1) is 0 Å². The number of nitrogens with zero attached hydrogens (tertiary/aromatic N) is 1. The molecule has 2 unspecified atom stereocenters. The molecule has 27 heavy (non-hydrogen) atoms. The summed E-state index contributed by atoms with van der Waals surface area (Å²) in [7, 11) is 1.51. The summed E-state index contributed by atoms with van der Waals surface area (Å²) in [5.74, 6) is 1.27. The summed E-state index contributed by atoms with van der Waals surface area (Å²) in [6.45, 7) is 2.34. The molecular weight excluding hydrogens is 344 g/mol. The molecule has 6 heteroatoms. The van der Waals surface area contributed by atoms with Gasteiger partial charge in [0, 0.05) is 25.8 Å². The third kappa shape index (κ3) is 4.65. The van der Waals surface area contributed by atoms with Gasteiger partial charge in [-0.2, -0.15) is 0 Å². The Kier molecular flexibility index (Phi) is 6.08. The summed E-state index contributed by atoms with van der Waals surface area (Å²) in [4.78, 5) is 26.2. The van der Waals surface area contributed by atoms with Gasteiger partial charge in [-0.15, -0.1) is 0 Å². The van der Waals surface area contributed by atoms with Gasteiger partial charge in [-0.25, -0.2) is 0 Å². The molecule has 3 rings (SSSR count). The van der Waals surface area contributed by atoms with Crippen LogP contribution >= 0.6 is 0 Å². The Balaban J connectivity index is 1.61. The van der Waals surface area contributed by atoms with Gasteiger partial charge in [-0.3, -0.25) is 9.59 Å². The predicted octanol–water partition coefficient (Wildman–Crippen LogP) is 3.13. The molecule has 1 saturated heterocycles. The zero-order chi connectivity index (χ0) is 19.2. The molecule has 142 valence electrons. The van der Waals surface area contributed by atoms with E-state index in [1.807, 2.05) is 61.5 Å². The minimum atomic E-state index is -0.483. The molecule has 0 spiro atoms. The highest BCUT2D eigenvalue weighted by Gasteiger charge is 2.32. The molecule has 1 N–H and O–H groups in total. The van der Waals surface area contributed by atoms with E-state index in [0.29, 0.717) is 18.7 Å². The largest absolute Gasteiger partial charge is 0.457 e. The van der Waals surface area contributed by atoms with Crippen molar-refractivity contribution in [2.24, 2.45) is 0 Å². The number of anilines is 1. The second kappa shape index (κ2) is 8.68. The van der Waals surface area contributed by atoms with Gasteiger partial charge in [-0.05, 0) is 42.8 Å². The van der Waals surface area contributed by atoms with E-state index in [2.05, 4.69) is 5.32 Å². The molecule has 1 fully saturated rings. The topological polar surface area (TPSA) is 67.9 Å². The van der Waals surface area contributed by atoms with Crippen LogP contribution in [0.4, 0.5) is 5.69 Å². The van der Waals surface area contributed by atoms with Crippen molar-refractivity contribution in [1.29, 1.82) is 0 Å². The number of rotatable bonds is 7. The monoisotopic (exact) mass is 368 g/mol. The molecule has 1 aliphatic heterocycles. The van der Waals surface area contributed by atoms with Crippen molar-refractivity contribution in [3.8, 4) is 11.5 Å². The second-order valence-electron chi connectivity index (χ2n) is 6.46. The van der Waals surface area contributed by atoms with Gasteiger partial charge >= 0.3 is 0 Å². The first-order valence-corrected chi connectivity index (χ1v) is 9.07. The predicted molar refractivity (Wildman–Crippen MR) is 103 cm³/mol. The third-order valence-electron chi connectivity index (χ3n) is 4.55. The summed E-state index contributed by atoms with van der Waals surface area (Å²) >= 11 is 0. The van der Waals surface area contributed by atoms with E-state index in [1.165, 1.54) is 7.11 Å². The molecule has 1 heterocycles. The average molecular weight is 368 g/mol. The summed E-state index contributed by atoms with van der Waals surface area (Å²) in [5.41, 5.74) is 0.788. The number of amides is 2. The summed E-state index contributed by atoms with van der Waals surface area (Å²) in [6.07, 6.45) is 0.396. The molecule has 2 amide bonds. The molecule has 6 nitrogen and oxygen atoms in total. The Morgan fingerprint density at radius 2 is 1.81 bits per heavy atom. The van der Waals surface area contributed by atoms with Crippen LogP contribution in [-0.4, -0.2) is 37.6 Å². The van der Waals surface area contributed by atoms with E-state index in [-0.39, 0.29) is 24.3 Å². The van der Waals surface area contributed by atoms with Crippen LogP contribution in [0.3, 0.4) is 0 Å².